The van der Waals surface area contributed by atoms with Gasteiger partial charge in [0.15, 0.2) is 5.82 Å². The molecule has 1 saturated heterocycles. The number of benzene rings is 1. The molecule has 0 spiro atoms. The first-order valence-electron chi connectivity index (χ1n) is 10.3. The Bertz CT molecular complexity index is 796. The molecule has 0 atom stereocenters. The quantitative estimate of drug-likeness (QED) is 0.765. The van der Waals surface area contributed by atoms with Crippen molar-refractivity contribution in [3.8, 4) is 11.3 Å². The summed E-state index contributed by atoms with van der Waals surface area (Å²) in [6.45, 7) is 3.13. The predicted octanol–water partition coefficient (Wildman–Crippen LogP) is 4.42. The molecule has 2 heterocycles. The van der Waals surface area contributed by atoms with Crippen molar-refractivity contribution >= 4 is 23.3 Å². The van der Waals surface area contributed by atoms with Gasteiger partial charge in [0.25, 0.3) is 0 Å². The van der Waals surface area contributed by atoms with E-state index in [0.717, 1.165) is 49.7 Å². The monoisotopic (exact) mass is 398 g/mol. The summed E-state index contributed by atoms with van der Waals surface area (Å²) in [6, 6.07) is 11.6. The van der Waals surface area contributed by atoms with Gasteiger partial charge >= 0.3 is 0 Å². The fourth-order valence-corrected chi connectivity index (χ4v) is 4.49. The Morgan fingerprint density at radius 3 is 2.39 bits per heavy atom. The van der Waals surface area contributed by atoms with Crippen molar-refractivity contribution < 1.29 is 4.79 Å². The van der Waals surface area contributed by atoms with Crippen molar-refractivity contribution in [2.75, 3.05) is 31.1 Å². The SMILES string of the molecule is O=C(CC1CCCCC1)N1CCN(c2ccc(-c3ccccc3Cl)nn2)CC1. The second-order valence-electron chi connectivity index (χ2n) is 7.83. The molecule has 0 bridgehead atoms. The van der Waals surface area contributed by atoms with Gasteiger partial charge in [-0.05, 0) is 37.0 Å². The number of rotatable bonds is 4. The van der Waals surface area contributed by atoms with Gasteiger partial charge in [-0.25, -0.2) is 0 Å². The number of carbonyl (C=O) groups excluding carboxylic acids is 1. The largest absolute Gasteiger partial charge is 0.352 e. The number of hydrogen-bond acceptors (Lipinski definition) is 4. The zero-order valence-corrected chi connectivity index (χ0v) is 16.9. The third-order valence-corrected chi connectivity index (χ3v) is 6.27. The minimum atomic E-state index is 0.326. The van der Waals surface area contributed by atoms with Gasteiger partial charge in [0, 0.05) is 38.2 Å². The van der Waals surface area contributed by atoms with E-state index in [-0.39, 0.29) is 0 Å². The highest BCUT2D eigenvalue weighted by Gasteiger charge is 2.25. The Morgan fingerprint density at radius 1 is 0.964 bits per heavy atom. The van der Waals surface area contributed by atoms with Crippen molar-refractivity contribution in [3.63, 3.8) is 0 Å². The Balaban J connectivity index is 1.32. The highest BCUT2D eigenvalue weighted by molar-refractivity contribution is 6.33. The second-order valence-corrected chi connectivity index (χ2v) is 8.24. The fraction of sp³-hybridized carbons (Fsp3) is 0.500. The molecule has 0 unspecified atom stereocenters. The maximum atomic E-state index is 12.6. The molecular formula is C22H27ClN4O. The van der Waals surface area contributed by atoms with E-state index in [1.54, 1.807) is 0 Å². The van der Waals surface area contributed by atoms with Crippen molar-refractivity contribution in [2.24, 2.45) is 5.92 Å². The lowest BCUT2D eigenvalue weighted by Crippen LogP contribution is -2.49. The smallest absolute Gasteiger partial charge is 0.222 e. The summed E-state index contributed by atoms with van der Waals surface area (Å²) in [4.78, 5) is 16.8. The number of nitrogens with zero attached hydrogens (tertiary/aromatic N) is 4. The number of carbonyl (C=O) groups is 1. The summed E-state index contributed by atoms with van der Waals surface area (Å²) in [5.41, 5.74) is 1.66. The summed E-state index contributed by atoms with van der Waals surface area (Å²) in [6.07, 6.45) is 7.08. The first-order valence-corrected chi connectivity index (χ1v) is 10.7. The summed E-state index contributed by atoms with van der Waals surface area (Å²) in [5.74, 6) is 1.78. The van der Waals surface area contributed by atoms with Crippen LogP contribution in [0.3, 0.4) is 0 Å². The van der Waals surface area contributed by atoms with Crippen molar-refractivity contribution in [3.05, 3.63) is 41.4 Å². The van der Waals surface area contributed by atoms with Crippen LogP contribution >= 0.6 is 11.6 Å². The maximum Gasteiger partial charge on any atom is 0.222 e. The predicted molar refractivity (Wildman–Crippen MR) is 112 cm³/mol. The number of halogens is 1. The zero-order chi connectivity index (χ0) is 19.3. The van der Waals surface area contributed by atoms with Gasteiger partial charge in [0.1, 0.15) is 0 Å². The van der Waals surface area contributed by atoms with E-state index in [1.165, 1.54) is 32.1 Å². The number of anilines is 1. The highest BCUT2D eigenvalue weighted by Crippen LogP contribution is 2.28. The van der Waals surface area contributed by atoms with Gasteiger partial charge in [0.2, 0.25) is 5.91 Å². The number of piperazine rings is 1. The summed E-state index contributed by atoms with van der Waals surface area (Å²) in [5, 5.41) is 9.43. The fourth-order valence-electron chi connectivity index (χ4n) is 4.26. The average molecular weight is 399 g/mol. The molecule has 1 aromatic heterocycles. The molecule has 4 rings (SSSR count). The normalized spacial score (nSPS) is 18.3. The number of aromatic nitrogens is 2. The lowest BCUT2D eigenvalue weighted by atomic mass is 9.86. The van der Waals surface area contributed by atoms with Gasteiger partial charge < -0.3 is 9.80 Å². The third kappa shape index (κ3) is 4.46. The van der Waals surface area contributed by atoms with Gasteiger partial charge in [0.05, 0.1) is 10.7 Å². The summed E-state index contributed by atoms with van der Waals surface area (Å²) >= 11 is 6.25. The molecule has 6 heteroatoms. The van der Waals surface area contributed by atoms with Crippen molar-refractivity contribution in [2.45, 2.75) is 38.5 Å². The van der Waals surface area contributed by atoms with Gasteiger partial charge in [-0.1, -0.05) is 49.1 Å². The van der Waals surface area contributed by atoms with Crippen LogP contribution in [0.15, 0.2) is 36.4 Å². The molecule has 2 aromatic rings. The van der Waals surface area contributed by atoms with Crippen LogP contribution in [-0.2, 0) is 4.79 Å². The zero-order valence-electron chi connectivity index (χ0n) is 16.2. The topological polar surface area (TPSA) is 49.3 Å². The minimum absolute atomic E-state index is 0.326. The minimum Gasteiger partial charge on any atom is -0.352 e. The molecular weight excluding hydrogens is 372 g/mol. The molecule has 1 aromatic carbocycles. The lowest BCUT2D eigenvalue weighted by Gasteiger charge is -2.36. The van der Waals surface area contributed by atoms with Crippen LogP contribution in [0.25, 0.3) is 11.3 Å². The van der Waals surface area contributed by atoms with E-state index in [4.69, 9.17) is 11.6 Å². The van der Waals surface area contributed by atoms with Crippen molar-refractivity contribution in [1.82, 2.24) is 15.1 Å². The van der Waals surface area contributed by atoms with Gasteiger partial charge in [-0.2, -0.15) is 0 Å². The van der Waals surface area contributed by atoms with E-state index in [2.05, 4.69) is 15.1 Å². The molecule has 0 N–H and O–H groups in total. The summed E-state index contributed by atoms with van der Waals surface area (Å²) < 4.78 is 0. The van der Waals surface area contributed by atoms with Crippen LogP contribution in [0.5, 0.6) is 0 Å². The molecule has 1 amide bonds. The molecule has 1 saturated carbocycles. The highest BCUT2D eigenvalue weighted by atomic mass is 35.5. The maximum absolute atomic E-state index is 12.6. The second kappa shape index (κ2) is 8.91. The Kier molecular flexibility index (Phi) is 6.10. The van der Waals surface area contributed by atoms with Gasteiger partial charge in [-0.3, -0.25) is 4.79 Å². The van der Waals surface area contributed by atoms with E-state index < -0.39 is 0 Å². The molecule has 2 fully saturated rings. The van der Waals surface area contributed by atoms with Crippen LogP contribution in [0.1, 0.15) is 38.5 Å². The molecule has 5 nitrogen and oxygen atoms in total. The molecule has 0 radical (unpaired) electrons. The van der Waals surface area contributed by atoms with Crippen molar-refractivity contribution in [1.29, 1.82) is 0 Å². The van der Waals surface area contributed by atoms with E-state index in [0.29, 0.717) is 16.8 Å². The Morgan fingerprint density at radius 2 is 1.71 bits per heavy atom. The van der Waals surface area contributed by atoms with Gasteiger partial charge in [-0.15, -0.1) is 10.2 Å². The molecule has 1 aliphatic carbocycles. The number of hydrogen-bond donors (Lipinski definition) is 0. The van der Waals surface area contributed by atoms with Crippen LogP contribution in [0.2, 0.25) is 5.02 Å². The van der Waals surface area contributed by atoms with E-state index in [1.807, 2.05) is 41.3 Å². The Hall–Kier alpha value is -2.14. The molecule has 28 heavy (non-hydrogen) atoms. The first kappa shape index (κ1) is 19.2. The summed E-state index contributed by atoms with van der Waals surface area (Å²) in [7, 11) is 0. The van der Waals surface area contributed by atoms with E-state index >= 15 is 0 Å². The van der Waals surface area contributed by atoms with Crippen LogP contribution < -0.4 is 4.90 Å². The molecule has 2 aliphatic rings. The first-order chi connectivity index (χ1) is 13.7. The third-order valence-electron chi connectivity index (χ3n) is 5.94. The average Bonchev–Trinajstić information content (AvgIpc) is 2.75. The molecule has 1 aliphatic heterocycles. The van der Waals surface area contributed by atoms with Crippen LogP contribution in [-0.4, -0.2) is 47.2 Å². The van der Waals surface area contributed by atoms with Crippen LogP contribution in [0, 0.1) is 5.92 Å². The molecule has 148 valence electrons. The Labute approximate surface area is 171 Å². The van der Waals surface area contributed by atoms with Crippen LogP contribution in [0.4, 0.5) is 5.82 Å². The number of amides is 1. The van der Waals surface area contributed by atoms with E-state index in [9.17, 15) is 4.79 Å². The lowest BCUT2D eigenvalue weighted by molar-refractivity contribution is -0.132. The standard InChI is InChI=1S/C22H27ClN4O/c23-19-9-5-4-8-18(19)20-10-11-21(25-24-20)26-12-14-27(15-13-26)22(28)16-17-6-2-1-3-7-17/h4-5,8-11,17H,1-3,6-7,12-16H2.